The largest absolute Gasteiger partial charge is 0.508 e. The molecule has 2 N–H and O–H groups in total. The molecule has 3 aliphatic rings. The van der Waals surface area contributed by atoms with Gasteiger partial charge >= 0.3 is 0 Å². The Labute approximate surface area is 198 Å². The van der Waals surface area contributed by atoms with Gasteiger partial charge in [-0.3, -0.25) is 14.5 Å². The third kappa shape index (κ3) is 4.15. The van der Waals surface area contributed by atoms with E-state index in [-0.39, 0.29) is 23.2 Å². The lowest BCUT2D eigenvalue weighted by Crippen LogP contribution is -2.42. The van der Waals surface area contributed by atoms with Crippen LogP contribution >= 0.6 is 0 Å². The zero-order valence-corrected chi connectivity index (χ0v) is 19.1. The lowest BCUT2D eigenvalue weighted by atomic mass is 9.94. The molecule has 0 saturated carbocycles. The third-order valence-corrected chi connectivity index (χ3v) is 6.66. The minimum atomic E-state index is -0.795. The summed E-state index contributed by atoms with van der Waals surface area (Å²) in [4.78, 5) is 30.0. The predicted octanol–water partition coefficient (Wildman–Crippen LogP) is 2.47. The van der Waals surface area contributed by atoms with Crippen molar-refractivity contribution in [1.82, 2.24) is 9.80 Å². The summed E-state index contributed by atoms with van der Waals surface area (Å²) in [5.74, 6) is -0.804. The number of ketones is 1. The summed E-state index contributed by atoms with van der Waals surface area (Å²) >= 11 is 0. The fourth-order valence-corrected chi connectivity index (χ4v) is 4.95. The summed E-state index contributed by atoms with van der Waals surface area (Å²) in [6.45, 7) is 5.66. The van der Waals surface area contributed by atoms with Gasteiger partial charge in [-0.25, -0.2) is 0 Å². The van der Waals surface area contributed by atoms with Crippen LogP contribution in [0, 0.1) is 0 Å². The number of Topliss-reactive ketones (excluding diaryl/α,β-unsaturated/α-hetero) is 1. The summed E-state index contributed by atoms with van der Waals surface area (Å²) < 4.78 is 11.1. The van der Waals surface area contributed by atoms with E-state index in [9.17, 15) is 19.8 Å². The second-order valence-corrected chi connectivity index (χ2v) is 9.00. The molecule has 34 heavy (non-hydrogen) atoms. The Morgan fingerprint density at radius 3 is 2.65 bits per heavy atom. The molecule has 3 aliphatic heterocycles. The fourth-order valence-electron chi connectivity index (χ4n) is 4.95. The first-order valence-electron chi connectivity index (χ1n) is 11.6. The highest BCUT2D eigenvalue weighted by Gasteiger charge is 2.46. The predicted molar refractivity (Wildman–Crippen MR) is 125 cm³/mol. The molecule has 0 bridgehead atoms. The van der Waals surface area contributed by atoms with Crippen molar-refractivity contribution in [1.29, 1.82) is 0 Å². The summed E-state index contributed by atoms with van der Waals surface area (Å²) in [5, 5.41) is 21.4. The van der Waals surface area contributed by atoms with E-state index in [1.165, 1.54) is 17.0 Å². The van der Waals surface area contributed by atoms with Gasteiger partial charge in [0.15, 0.2) is 0 Å². The van der Waals surface area contributed by atoms with Gasteiger partial charge in [0.25, 0.3) is 11.7 Å². The second kappa shape index (κ2) is 9.12. The van der Waals surface area contributed by atoms with Gasteiger partial charge in [-0.1, -0.05) is 12.1 Å². The number of likely N-dealkylation sites (tertiary alicyclic amines) is 1. The minimum absolute atomic E-state index is 0.0277. The van der Waals surface area contributed by atoms with Crippen molar-refractivity contribution in [2.24, 2.45) is 0 Å². The van der Waals surface area contributed by atoms with Crippen molar-refractivity contribution < 1.29 is 29.3 Å². The first kappa shape index (κ1) is 22.4. The highest BCUT2D eigenvalue weighted by molar-refractivity contribution is 6.46. The van der Waals surface area contributed by atoms with Crippen molar-refractivity contribution in [3.8, 4) is 11.5 Å². The molecule has 2 saturated heterocycles. The molecule has 8 nitrogen and oxygen atoms in total. The van der Waals surface area contributed by atoms with Crippen LogP contribution in [0.15, 0.2) is 48.0 Å². The van der Waals surface area contributed by atoms with Crippen LogP contribution in [0.1, 0.15) is 29.7 Å². The summed E-state index contributed by atoms with van der Waals surface area (Å²) in [6.07, 6.45) is 0.755. The minimum Gasteiger partial charge on any atom is -0.508 e. The summed E-state index contributed by atoms with van der Waals surface area (Å²) in [6, 6.07) is 11.0. The van der Waals surface area contributed by atoms with Gasteiger partial charge in [0, 0.05) is 38.2 Å². The average molecular weight is 465 g/mol. The third-order valence-electron chi connectivity index (χ3n) is 6.66. The normalized spacial score (nSPS) is 24.3. The van der Waals surface area contributed by atoms with Crippen LogP contribution in [0.25, 0.3) is 5.76 Å². The number of fused-ring (bicyclic) bond motifs is 1. The van der Waals surface area contributed by atoms with Crippen molar-refractivity contribution in [2.75, 3.05) is 39.4 Å². The molecule has 2 aromatic rings. The number of phenolic OH excluding ortho intramolecular Hbond substituents is 1. The van der Waals surface area contributed by atoms with Gasteiger partial charge < -0.3 is 24.6 Å². The van der Waals surface area contributed by atoms with E-state index in [0.29, 0.717) is 43.9 Å². The van der Waals surface area contributed by atoms with Gasteiger partial charge in [0.05, 0.1) is 24.8 Å². The molecule has 0 unspecified atom stereocenters. The van der Waals surface area contributed by atoms with E-state index < -0.39 is 17.7 Å². The summed E-state index contributed by atoms with van der Waals surface area (Å²) in [7, 11) is 0. The maximum atomic E-state index is 13.2. The standard InChI is InChI=1S/C26H28N2O6/c1-16-13-19-14-18(5-6-21(19)34-16)24(30)22-23(17-3-2-4-20(29)15-17)28(26(32)25(22)31)8-7-27-9-11-33-12-10-27/h2-6,14-16,23,29-30H,7-13H2,1H3/b24-22+/t16-,23+/m0/s1. The van der Waals surface area contributed by atoms with E-state index in [0.717, 1.165) is 24.4 Å². The smallest absolute Gasteiger partial charge is 0.295 e. The van der Waals surface area contributed by atoms with Crippen molar-refractivity contribution in [2.45, 2.75) is 25.5 Å². The molecule has 5 rings (SSSR count). The monoisotopic (exact) mass is 464 g/mol. The number of aromatic hydroxyl groups is 1. The molecule has 1 amide bonds. The van der Waals surface area contributed by atoms with Crippen molar-refractivity contribution in [3.63, 3.8) is 0 Å². The molecule has 0 spiro atoms. The SMILES string of the molecule is C[C@H]1Cc2cc(/C(O)=C3\C(=O)C(=O)N(CCN4CCOCC4)[C@@H]3c3cccc(O)c3)ccc2O1. The van der Waals surface area contributed by atoms with Crippen LogP contribution < -0.4 is 4.74 Å². The number of carbonyl (C=O) groups excluding carboxylic acids is 2. The molecule has 2 aromatic carbocycles. The molecular formula is C26H28N2O6. The Bertz CT molecular complexity index is 1150. The Hall–Kier alpha value is -3.36. The Balaban J connectivity index is 1.53. The number of carbonyl (C=O) groups is 2. The van der Waals surface area contributed by atoms with Crippen LogP contribution in [0.3, 0.4) is 0 Å². The van der Waals surface area contributed by atoms with Gasteiger partial charge in [-0.05, 0) is 48.4 Å². The fraction of sp³-hybridized carbons (Fsp3) is 0.385. The highest BCUT2D eigenvalue weighted by atomic mass is 16.5. The van der Waals surface area contributed by atoms with Crippen LogP contribution in [0.4, 0.5) is 0 Å². The maximum Gasteiger partial charge on any atom is 0.295 e. The zero-order chi connectivity index (χ0) is 23.8. The van der Waals surface area contributed by atoms with Crippen LogP contribution in [-0.4, -0.2) is 77.2 Å². The van der Waals surface area contributed by atoms with E-state index >= 15 is 0 Å². The highest BCUT2D eigenvalue weighted by Crippen LogP contribution is 2.41. The van der Waals surface area contributed by atoms with Gasteiger partial charge in [-0.15, -0.1) is 0 Å². The number of hydrogen-bond donors (Lipinski definition) is 2. The number of nitrogens with zero attached hydrogens (tertiary/aromatic N) is 2. The molecule has 3 heterocycles. The number of benzene rings is 2. The van der Waals surface area contributed by atoms with E-state index in [4.69, 9.17) is 9.47 Å². The first-order chi connectivity index (χ1) is 16.4. The number of aliphatic hydroxyl groups is 1. The molecule has 0 aliphatic carbocycles. The van der Waals surface area contributed by atoms with Gasteiger partial charge in [-0.2, -0.15) is 0 Å². The van der Waals surface area contributed by atoms with E-state index in [2.05, 4.69) is 4.90 Å². The topological polar surface area (TPSA) is 99.5 Å². The second-order valence-electron chi connectivity index (χ2n) is 9.00. The van der Waals surface area contributed by atoms with E-state index in [1.807, 2.05) is 13.0 Å². The number of phenols is 1. The van der Waals surface area contributed by atoms with Crippen LogP contribution in [-0.2, 0) is 20.7 Å². The average Bonchev–Trinajstić information content (AvgIpc) is 3.33. The Morgan fingerprint density at radius 2 is 1.88 bits per heavy atom. The van der Waals surface area contributed by atoms with Crippen LogP contribution in [0.2, 0.25) is 0 Å². The zero-order valence-electron chi connectivity index (χ0n) is 19.1. The van der Waals surface area contributed by atoms with E-state index in [1.54, 1.807) is 24.3 Å². The van der Waals surface area contributed by atoms with Crippen molar-refractivity contribution >= 4 is 17.4 Å². The molecule has 0 radical (unpaired) electrons. The van der Waals surface area contributed by atoms with Crippen molar-refractivity contribution in [3.05, 3.63) is 64.7 Å². The number of hydrogen-bond acceptors (Lipinski definition) is 7. The number of ether oxygens (including phenoxy) is 2. The molecule has 2 fully saturated rings. The molecule has 8 heteroatoms. The Morgan fingerprint density at radius 1 is 1.09 bits per heavy atom. The number of morpholine rings is 1. The lowest BCUT2D eigenvalue weighted by Gasteiger charge is -2.31. The Kier molecular flexibility index (Phi) is 6.02. The lowest BCUT2D eigenvalue weighted by molar-refractivity contribution is -0.140. The van der Waals surface area contributed by atoms with Crippen LogP contribution in [0.5, 0.6) is 11.5 Å². The summed E-state index contributed by atoms with van der Waals surface area (Å²) in [5.41, 5.74) is 2.02. The van der Waals surface area contributed by atoms with Gasteiger partial charge in [0.2, 0.25) is 0 Å². The first-order valence-corrected chi connectivity index (χ1v) is 11.6. The molecular weight excluding hydrogens is 436 g/mol. The molecule has 178 valence electrons. The maximum absolute atomic E-state index is 13.2. The van der Waals surface area contributed by atoms with Gasteiger partial charge in [0.1, 0.15) is 23.4 Å². The number of rotatable bonds is 5. The molecule has 2 atom stereocenters. The quantitative estimate of drug-likeness (QED) is 0.398. The number of amides is 1. The number of aliphatic hydroxyl groups excluding tert-OH is 1. The molecule has 0 aromatic heterocycles.